The average Bonchev–Trinajstić information content (AvgIpc) is 3.00. The van der Waals surface area contributed by atoms with E-state index >= 15 is 0 Å². The third kappa shape index (κ3) is 1.63. The third-order valence-corrected chi connectivity index (χ3v) is 3.36. The molecule has 1 saturated carbocycles. The maximum absolute atomic E-state index is 5.67. The van der Waals surface area contributed by atoms with Crippen molar-refractivity contribution in [3.8, 4) is 0 Å². The van der Waals surface area contributed by atoms with E-state index in [2.05, 4.69) is 31.3 Å². The summed E-state index contributed by atoms with van der Waals surface area (Å²) in [7, 11) is 0. The van der Waals surface area contributed by atoms with Crippen LogP contribution in [0.1, 0.15) is 29.5 Å². The van der Waals surface area contributed by atoms with E-state index < -0.39 is 0 Å². The van der Waals surface area contributed by atoms with Gasteiger partial charge in [0.25, 0.3) is 0 Å². The minimum atomic E-state index is 0.745. The standard InChI is InChI=1S/C14H17NO/c1-9-3-4-10(2)14-13(9)11(8-16-14)7-15-12-5-6-12/h3-4,8,12,15H,5-7H2,1-2H3. The summed E-state index contributed by atoms with van der Waals surface area (Å²) in [5, 5.41) is 4.84. The lowest BCUT2D eigenvalue weighted by Gasteiger charge is -2.03. The molecule has 0 atom stereocenters. The Balaban J connectivity index is 2.00. The highest BCUT2D eigenvalue weighted by Crippen LogP contribution is 2.28. The normalized spacial score (nSPS) is 15.9. The van der Waals surface area contributed by atoms with Crippen LogP contribution in [0.15, 0.2) is 22.8 Å². The second kappa shape index (κ2) is 3.63. The van der Waals surface area contributed by atoms with Crippen LogP contribution >= 0.6 is 0 Å². The Hall–Kier alpha value is -1.28. The topological polar surface area (TPSA) is 25.2 Å². The van der Waals surface area contributed by atoms with Crippen LogP contribution in [-0.4, -0.2) is 6.04 Å². The largest absolute Gasteiger partial charge is 0.464 e. The molecule has 3 rings (SSSR count). The molecule has 16 heavy (non-hydrogen) atoms. The van der Waals surface area contributed by atoms with Gasteiger partial charge in [0.1, 0.15) is 5.58 Å². The van der Waals surface area contributed by atoms with Gasteiger partial charge in [-0.1, -0.05) is 12.1 Å². The van der Waals surface area contributed by atoms with Crippen molar-refractivity contribution in [2.45, 2.75) is 39.3 Å². The van der Waals surface area contributed by atoms with Gasteiger partial charge in [-0.05, 0) is 37.8 Å². The van der Waals surface area contributed by atoms with Crippen LogP contribution < -0.4 is 5.32 Å². The predicted molar refractivity (Wildman–Crippen MR) is 65.5 cm³/mol. The monoisotopic (exact) mass is 215 g/mol. The zero-order valence-electron chi connectivity index (χ0n) is 9.84. The van der Waals surface area contributed by atoms with Crippen molar-refractivity contribution in [3.63, 3.8) is 0 Å². The van der Waals surface area contributed by atoms with Crippen LogP contribution in [-0.2, 0) is 6.54 Å². The quantitative estimate of drug-likeness (QED) is 0.849. The number of nitrogens with one attached hydrogen (secondary N) is 1. The fourth-order valence-corrected chi connectivity index (χ4v) is 2.20. The first-order valence-corrected chi connectivity index (χ1v) is 5.95. The minimum absolute atomic E-state index is 0.745. The maximum atomic E-state index is 5.67. The summed E-state index contributed by atoms with van der Waals surface area (Å²) in [5.41, 5.74) is 4.87. The van der Waals surface area contributed by atoms with Crippen LogP contribution in [0.3, 0.4) is 0 Å². The number of benzene rings is 1. The van der Waals surface area contributed by atoms with Gasteiger partial charge in [0.05, 0.1) is 6.26 Å². The Morgan fingerprint density at radius 2 is 2.00 bits per heavy atom. The molecular weight excluding hydrogens is 198 g/mol. The summed E-state index contributed by atoms with van der Waals surface area (Å²) in [4.78, 5) is 0. The van der Waals surface area contributed by atoms with Gasteiger partial charge in [0.2, 0.25) is 0 Å². The molecule has 84 valence electrons. The van der Waals surface area contributed by atoms with E-state index in [0.717, 1.165) is 18.2 Å². The van der Waals surface area contributed by atoms with Gasteiger partial charge in [0, 0.05) is 23.5 Å². The third-order valence-electron chi connectivity index (χ3n) is 3.36. The van der Waals surface area contributed by atoms with E-state index in [-0.39, 0.29) is 0 Å². The highest BCUT2D eigenvalue weighted by molar-refractivity contribution is 5.86. The molecule has 0 amide bonds. The predicted octanol–water partition coefficient (Wildman–Crippen LogP) is 3.30. The summed E-state index contributed by atoms with van der Waals surface area (Å²) in [6.45, 7) is 5.18. The molecule has 1 fully saturated rings. The molecular formula is C14H17NO. The molecule has 1 aromatic heterocycles. The second-order valence-corrected chi connectivity index (χ2v) is 4.82. The molecule has 0 bridgehead atoms. The van der Waals surface area contributed by atoms with Gasteiger partial charge in [0.15, 0.2) is 0 Å². The van der Waals surface area contributed by atoms with Gasteiger partial charge >= 0.3 is 0 Å². The Labute approximate surface area is 95.6 Å². The van der Waals surface area contributed by atoms with Gasteiger partial charge in [-0.2, -0.15) is 0 Å². The molecule has 1 aromatic carbocycles. The molecule has 1 N–H and O–H groups in total. The van der Waals surface area contributed by atoms with Gasteiger partial charge in [-0.15, -0.1) is 0 Å². The Kier molecular flexibility index (Phi) is 2.25. The first-order chi connectivity index (χ1) is 7.75. The SMILES string of the molecule is Cc1ccc(C)c2c(CNC3CC3)coc12. The Morgan fingerprint density at radius 3 is 2.75 bits per heavy atom. The number of furan rings is 1. The number of rotatable bonds is 3. The van der Waals surface area contributed by atoms with E-state index in [1.807, 2.05) is 6.26 Å². The molecule has 0 spiro atoms. The lowest BCUT2D eigenvalue weighted by molar-refractivity contribution is 0.599. The van der Waals surface area contributed by atoms with E-state index in [0.29, 0.717) is 0 Å². The van der Waals surface area contributed by atoms with E-state index in [4.69, 9.17) is 4.42 Å². The number of hydrogen-bond donors (Lipinski definition) is 1. The molecule has 1 aliphatic rings. The molecule has 1 aliphatic carbocycles. The zero-order chi connectivity index (χ0) is 11.1. The molecule has 0 aliphatic heterocycles. The average molecular weight is 215 g/mol. The van der Waals surface area contributed by atoms with Crippen LogP contribution in [0.4, 0.5) is 0 Å². The molecule has 0 unspecified atom stereocenters. The van der Waals surface area contributed by atoms with Gasteiger partial charge < -0.3 is 9.73 Å². The summed E-state index contributed by atoms with van der Waals surface area (Å²) >= 11 is 0. The van der Waals surface area contributed by atoms with Crippen LogP contribution in [0.2, 0.25) is 0 Å². The number of fused-ring (bicyclic) bond motifs is 1. The fourth-order valence-electron chi connectivity index (χ4n) is 2.20. The maximum Gasteiger partial charge on any atom is 0.137 e. The van der Waals surface area contributed by atoms with E-state index in [1.165, 1.54) is 34.9 Å². The first kappa shape index (κ1) is 9.91. The minimum Gasteiger partial charge on any atom is -0.464 e. The highest BCUT2D eigenvalue weighted by Gasteiger charge is 2.21. The molecule has 2 heteroatoms. The van der Waals surface area contributed by atoms with Gasteiger partial charge in [-0.25, -0.2) is 0 Å². The lowest BCUT2D eigenvalue weighted by Crippen LogP contribution is -2.14. The van der Waals surface area contributed by atoms with Crippen molar-refractivity contribution in [1.82, 2.24) is 5.32 Å². The molecule has 2 nitrogen and oxygen atoms in total. The van der Waals surface area contributed by atoms with E-state index in [9.17, 15) is 0 Å². The van der Waals surface area contributed by atoms with Gasteiger partial charge in [-0.3, -0.25) is 0 Å². The van der Waals surface area contributed by atoms with Crippen molar-refractivity contribution < 1.29 is 4.42 Å². The Bertz CT molecular complexity index is 523. The van der Waals surface area contributed by atoms with E-state index in [1.54, 1.807) is 0 Å². The van der Waals surface area contributed by atoms with Crippen molar-refractivity contribution in [1.29, 1.82) is 0 Å². The van der Waals surface area contributed by atoms with Crippen molar-refractivity contribution in [2.75, 3.05) is 0 Å². The Morgan fingerprint density at radius 1 is 1.25 bits per heavy atom. The second-order valence-electron chi connectivity index (χ2n) is 4.82. The van der Waals surface area contributed by atoms with Crippen molar-refractivity contribution >= 4 is 11.0 Å². The van der Waals surface area contributed by atoms with Crippen LogP contribution in [0, 0.1) is 13.8 Å². The fraction of sp³-hybridized carbons (Fsp3) is 0.429. The molecule has 0 saturated heterocycles. The highest BCUT2D eigenvalue weighted by atomic mass is 16.3. The van der Waals surface area contributed by atoms with Crippen molar-refractivity contribution in [2.24, 2.45) is 0 Å². The smallest absolute Gasteiger partial charge is 0.137 e. The van der Waals surface area contributed by atoms with Crippen molar-refractivity contribution in [3.05, 3.63) is 35.1 Å². The lowest BCUT2D eigenvalue weighted by atomic mass is 10.0. The zero-order valence-corrected chi connectivity index (χ0v) is 9.84. The van der Waals surface area contributed by atoms with Crippen LogP contribution in [0.25, 0.3) is 11.0 Å². The molecule has 0 radical (unpaired) electrons. The summed E-state index contributed by atoms with van der Waals surface area (Å²) in [6, 6.07) is 5.04. The molecule has 2 aromatic rings. The summed E-state index contributed by atoms with van der Waals surface area (Å²) in [6.07, 6.45) is 4.56. The first-order valence-electron chi connectivity index (χ1n) is 5.95. The summed E-state index contributed by atoms with van der Waals surface area (Å²) < 4.78 is 5.67. The number of aryl methyl sites for hydroxylation is 2. The molecule has 1 heterocycles. The van der Waals surface area contributed by atoms with Crippen LogP contribution in [0.5, 0.6) is 0 Å². The summed E-state index contributed by atoms with van der Waals surface area (Å²) in [5.74, 6) is 0. The number of hydrogen-bond acceptors (Lipinski definition) is 2.